The molecule has 0 aromatic rings. The van der Waals surface area contributed by atoms with E-state index in [0.29, 0.717) is 0 Å². The number of hydrogen-bond donors (Lipinski definition) is 0. The Balaban J connectivity index is 3.93. The molecule has 0 saturated carbocycles. The van der Waals surface area contributed by atoms with E-state index in [1.165, 1.54) is 0 Å². The number of halogens is 1. The number of alkyl halides is 1. The summed E-state index contributed by atoms with van der Waals surface area (Å²) in [7, 11) is -5.04. The highest BCUT2D eigenvalue weighted by Crippen LogP contribution is 2.29. The Morgan fingerprint density at radius 2 is 2.10 bits per heavy atom. The maximum Gasteiger partial charge on any atom is 0.175 e. The minimum absolute atomic E-state index is 0.577. The first-order valence-electron chi connectivity index (χ1n) is 2.18. The number of carbonyl (C=O) groups is 1. The fourth-order valence-corrected chi connectivity index (χ4v) is 1.18. The SMILES string of the molecule is CC(=O)C(Br)OP(=O)([O-])[O-]. The van der Waals surface area contributed by atoms with Crippen LogP contribution in [-0.2, 0) is 13.9 Å². The van der Waals surface area contributed by atoms with Crippen LogP contribution < -0.4 is 9.79 Å². The summed E-state index contributed by atoms with van der Waals surface area (Å²) in [6, 6.07) is 0. The number of carbonyl (C=O) groups excluding carboxylic acids is 1. The number of rotatable bonds is 3. The number of hydrogen-bond acceptors (Lipinski definition) is 5. The van der Waals surface area contributed by atoms with Gasteiger partial charge in [-0.15, -0.1) is 0 Å². The van der Waals surface area contributed by atoms with E-state index in [-0.39, 0.29) is 0 Å². The molecule has 1 unspecified atom stereocenters. The van der Waals surface area contributed by atoms with Crippen LogP contribution in [0.25, 0.3) is 0 Å². The quantitative estimate of drug-likeness (QED) is 0.465. The Hall–Kier alpha value is 0.260. The normalized spacial score (nSPS) is 14.8. The summed E-state index contributed by atoms with van der Waals surface area (Å²) in [6.45, 7) is 1.09. The molecule has 0 heterocycles. The first kappa shape index (κ1) is 10.3. The Labute approximate surface area is 65.7 Å². The molecular formula is C3H4BrO5P-2. The predicted molar refractivity (Wildman–Crippen MR) is 32.1 cm³/mol. The summed E-state index contributed by atoms with van der Waals surface area (Å²) >= 11 is 2.53. The highest BCUT2D eigenvalue weighted by Gasteiger charge is 2.10. The van der Waals surface area contributed by atoms with Crippen molar-refractivity contribution in [3.63, 3.8) is 0 Å². The summed E-state index contributed by atoms with van der Waals surface area (Å²) in [6.07, 6.45) is 0. The first-order valence-corrected chi connectivity index (χ1v) is 4.55. The lowest BCUT2D eigenvalue weighted by atomic mass is 10.5. The van der Waals surface area contributed by atoms with Crippen molar-refractivity contribution in [3.8, 4) is 0 Å². The molecule has 0 amide bonds. The van der Waals surface area contributed by atoms with Gasteiger partial charge in [0.1, 0.15) is 0 Å². The molecule has 0 radical (unpaired) electrons. The van der Waals surface area contributed by atoms with Crippen molar-refractivity contribution in [2.45, 2.75) is 11.9 Å². The molecule has 60 valence electrons. The van der Waals surface area contributed by atoms with E-state index in [2.05, 4.69) is 20.5 Å². The van der Waals surface area contributed by atoms with Gasteiger partial charge in [-0.3, -0.25) is 4.79 Å². The molecule has 0 bridgehead atoms. The second kappa shape index (κ2) is 3.59. The van der Waals surface area contributed by atoms with Crippen molar-refractivity contribution in [1.82, 2.24) is 0 Å². The van der Waals surface area contributed by atoms with Gasteiger partial charge in [-0.1, -0.05) is 0 Å². The molecule has 0 spiro atoms. The first-order chi connectivity index (χ1) is 4.33. The molecule has 1 atom stereocenters. The summed E-state index contributed by atoms with van der Waals surface area (Å²) in [4.78, 5) is 29.9. The van der Waals surface area contributed by atoms with Crippen LogP contribution in [0.15, 0.2) is 0 Å². The van der Waals surface area contributed by atoms with Crippen molar-refractivity contribution >= 4 is 29.5 Å². The van der Waals surface area contributed by atoms with Crippen LogP contribution in [0, 0.1) is 0 Å². The second-order valence-electron chi connectivity index (χ2n) is 1.48. The van der Waals surface area contributed by atoms with Gasteiger partial charge in [0.2, 0.25) is 0 Å². The van der Waals surface area contributed by atoms with Crippen molar-refractivity contribution in [2.75, 3.05) is 0 Å². The summed E-state index contributed by atoms with van der Waals surface area (Å²) in [5, 5.41) is -1.35. The zero-order valence-electron chi connectivity index (χ0n) is 4.94. The van der Waals surface area contributed by atoms with E-state index in [1.54, 1.807) is 0 Å². The van der Waals surface area contributed by atoms with Crippen molar-refractivity contribution in [1.29, 1.82) is 0 Å². The molecule has 0 fully saturated rings. The zero-order valence-corrected chi connectivity index (χ0v) is 7.42. The van der Waals surface area contributed by atoms with E-state index in [9.17, 15) is 19.1 Å². The third-order valence-corrected chi connectivity index (χ3v) is 2.13. The van der Waals surface area contributed by atoms with Crippen LogP contribution >= 0.6 is 23.8 Å². The average Bonchev–Trinajstić information content (AvgIpc) is 1.60. The molecule has 0 aromatic heterocycles. The molecule has 0 aliphatic rings. The Morgan fingerprint density at radius 1 is 1.70 bits per heavy atom. The highest BCUT2D eigenvalue weighted by atomic mass is 79.9. The van der Waals surface area contributed by atoms with E-state index >= 15 is 0 Å². The van der Waals surface area contributed by atoms with Gasteiger partial charge in [0.15, 0.2) is 10.8 Å². The van der Waals surface area contributed by atoms with Crippen LogP contribution in [0.4, 0.5) is 0 Å². The summed E-state index contributed by atoms with van der Waals surface area (Å²) in [5.74, 6) is -0.577. The summed E-state index contributed by atoms with van der Waals surface area (Å²) in [5.41, 5.74) is 0. The molecule has 10 heavy (non-hydrogen) atoms. The zero-order chi connectivity index (χ0) is 8.36. The molecule has 5 nitrogen and oxygen atoms in total. The third kappa shape index (κ3) is 5.08. The van der Waals surface area contributed by atoms with Crippen molar-refractivity contribution in [3.05, 3.63) is 0 Å². The molecule has 7 heteroatoms. The van der Waals surface area contributed by atoms with Crippen LogP contribution in [0.5, 0.6) is 0 Å². The molecule has 0 N–H and O–H groups in total. The Morgan fingerprint density at radius 3 is 2.20 bits per heavy atom. The van der Waals surface area contributed by atoms with Gasteiger partial charge in [-0.05, 0) is 22.9 Å². The van der Waals surface area contributed by atoms with Gasteiger partial charge < -0.3 is 18.9 Å². The molecule has 0 aromatic carbocycles. The second-order valence-corrected chi connectivity index (χ2v) is 3.42. The Kier molecular flexibility index (Phi) is 3.69. The van der Waals surface area contributed by atoms with Crippen LogP contribution in [-0.4, -0.2) is 10.8 Å². The highest BCUT2D eigenvalue weighted by molar-refractivity contribution is 9.09. The van der Waals surface area contributed by atoms with Crippen LogP contribution in [0.3, 0.4) is 0 Å². The standard InChI is InChI=1S/C3H6BrO5P/c1-2(5)3(4)9-10(6,7)8/h3H,1H3,(H2,6,7,8)/p-2. The van der Waals surface area contributed by atoms with Gasteiger partial charge in [0, 0.05) is 0 Å². The van der Waals surface area contributed by atoms with Gasteiger partial charge in [-0.2, -0.15) is 0 Å². The number of Topliss-reactive ketones (excluding diaryl/α,β-unsaturated/α-hetero) is 1. The van der Waals surface area contributed by atoms with E-state index < -0.39 is 18.6 Å². The van der Waals surface area contributed by atoms with Crippen LogP contribution in [0.1, 0.15) is 6.92 Å². The lowest BCUT2D eigenvalue weighted by molar-refractivity contribution is -0.341. The maximum atomic E-state index is 10.3. The monoisotopic (exact) mass is 230 g/mol. The van der Waals surface area contributed by atoms with E-state index in [1.807, 2.05) is 0 Å². The smallest absolute Gasteiger partial charge is 0.175 e. The minimum atomic E-state index is -5.04. The molecular weight excluding hydrogens is 227 g/mol. The maximum absolute atomic E-state index is 10.3. The van der Waals surface area contributed by atoms with Crippen molar-refractivity contribution in [2.24, 2.45) is 0 Å². The van der Waals surface area contributed by atoms with E-state index in [0.717, 1.165) is 6.92 Å². The number of phosphoric acid groups is 1. The molecule has 0 rings (SSSR count). The summed E-state index contributed by atoms with van der Waals surface area (Å²) < 4.78 is 13.5. The lowest BCUT2D eigenvalue weighted by Crippen LogP contribution is -2.23. The lowest BCUT2D eigenvalue weighted by Gasteiger charge is -2.30. The fraction of sp³-hybridized carbons (Fsp3) is 0.667. The van der Waals surface area contributed by atoms with Crippen molar-refractivity contribution < 1.29 is 23.7 Å². The Bertz CT molecular complexity index is 174. The topological polar surface area (TPSA) is 89.5 Å². The van der Waals surface area contributed by atoms with Gasteiger partial charge >= 0.3 is 0 Å². The van der Waals surface area contributed by atoms with E-state index in [4.69, 9.17) is 0 Å². The number of phosphoric ester groups is 1. The predicted octanol–water partition coefficient (Wildman–Crippen LogP) is -0.858. The van der Waals surface area contributed by atoms with Gasteiger partial charge in [0.25, 0.3) is 0 Å². The number of ketones is 1. The third-order valence-electron chi connectivity index (χ3n) is 0.541. The largest absolute Gasteiger partial charge is 0.790 e. The molecule has 0 aliphatic carbocycles. The van der Waals surface area contributed by atoms with Gasteiger partial charge in [0.05, 0.1) is 7.82 Å². The van der Waals surface area contributed by atoms with Gasteiger partial charge in [-0.25, -0.2) is 0 Å². The average molecular weight is 231 g/mol. The molecule has 0 saturated heterocycles. The fourth-order valence-electron chi connectivity index (χ4n) is 0.188. The minimum Gasteiger partial charge on any atom is -0.790 e. The van der Waals surface area contributed by atoms with Crippen LogP contribution in [0.2, 0.25) is 0 Å². The molecule has 0 aliphatic heterocycles.